The average molecular weight is 693 g/mol. The second-order valence-electron chi connectivity index (χ2n) is 12.3. The molecule has 260 valence electrons. The Morgan fingerprint density at radius 2 is 1.70 bits per heavy atom. The summed E-state index contributed by atoms with van der Waals surface area (Å²) in [5, 5.41) is 10.2. The molecule has 0 unspecified atom stereocenters. The normalized spacial score (nSPS) is 18.6. The minimum Gasteiger partial charge on any atom is -0.339 e. The molecule has 3 amide bonds. The highest BCUT2D eigenvalue weighted by Crippen LogP contribution is 2.44. The molecule has 2 aliphatic heterocycles. The van der Waals surface area contributed by atoms with Crippen molar-refractivity contribution in [2.24, 2.45) is 0 Å². The maximum atomic E-state index is 14.4. The molecule has 1 aromatic heterocycles. The Morgan fingerprint density at radius 3 is 2.36 bits per heavy atom. The first kappa shape index (κ1) is 34.5. The Kier molecular flexibility index (Phi) is 9.08. The SMILES string of the molecule is C=C(CN1CC(F)(F)C1)C(=O)Nc1cccc([C@@H]2c3c(C)nn(-c4ccccc4)c3N(CC)C(=O)[C@H]2NC(=O)c2cccc(C(F)(F)F)c2)c1. The summed E-state index contributed by atoms with van der Waals surface area (Å²) in [5.74, 6) is -5.21. The molecule has 2 atom stereocenters. The molecule has 4 aromatic rings. The fourth-order valence-electron chi connectivity index (χ4n) is 6.44. The molecule has 6 rings (SSSR count). The number of hydrogen-bond acceptors (Lipinski definition) is 5. The van der Waals surface area contributed by atoms with E-state index in [4.69, 9.17) is 5.10 Å². The minimum atomic E-state index is -4.69. The van der Waals surface area contributed by atoms with Crippen molar-refractivity contribution in [3.8, 4) is 5.69 Å². The fourth-order valence-corrected chi connectivity index (χ4v) is 6.44. The Hall–Kier alpha value is -5.37. The molecule has 3 aromatic carbocycles. The van der Waals surface area contributed by atoms with Crippen LogP contribution in [0.15, 0.2) is 91.0 Å². The van der Waals surface area contributed by atoms with Crippen molar-refractivity contribution in [2.45, 2.75) is 37.9 Å². The van der Waals surface area contributed by atoms with Crippen LogP contribution in [-0.4, -0.2) is 70.5 Å². The van der Waals surface area contributed by atoms with Gasteiger partial charge in [0, 0.05) is 41.4 Å². The van der Waals surface area contributed by atoms with Crippen molar-refractivity contribution < 1.29 is 36.3 Å². The molecule has 2 N–H and O–H groups in total. The summed E-state index contributed by atoms with van der Waals surface area (Å²) >= 11 is 0. The predicted molar refractivity (Wildman–Crippen MR) is 176 cm³/mol. The van der Waals surface area contributed by atoms with Crippen molar-refractivity contribution >= 4 is 29.2 Å². The van der Waals surface area contributed by atoms with E-state index in [1.54, 1.807) is 42.8 Å². The molecule has 1 saturated heterocycles. The summed E-state index contributed by atoms with van der Waals surface area (Å²) < 4.78 is 68.8. The van der Waals surface area contributed by atoms with Crippen LogP contribution in [0, 0.1) is 6.92 Å². The number of nitrogens with one attached hydrogen (secondary N) is 2. The molecule has 0 spiro atoms. The number of aryl methyl sites for hydroxylation is 1. The lowest BCUT2D eigenvalue weighted by Crippen LogP contribution is -2.56. The number of amides is 3. The van der Waals surface area contributed by atoms with Gasteiger partial charge in [0.1, 0.15) is 11.9 Å². The Morgan fingerprint density at radius 1 is 1.00 bits per heavy atom. The molecule has 0 saturated carbocycles. The summed E-state index contributed by atoms with van der Waals surface area (Å²) in [6.45, 7) is 6.48. The first-order valence-electron chi connectivity index (χ1n) is 15.8. The van der Waals surface area contributed by atoms with Crippen LogP contribution < -0.4 is 15.5 Å². The number of hydrogen-bond donors (Lipinski definition) is 2. The highest BCUT2D eigenvalue weighted by molar-refractivity contribution is 6.06. The molecular weight excluding hydrogens is 659 g/mol. The van der Waals surface area contributed by atoms with Gasteiger partial charge in [-0.3, -0.25) is 24.2 Å². The first-order valence-corrected chi connectivity index (χ1v) is 15.8. The molecule has 0 aliphatic carbocycles. The van der Waals surface area contributed by atoms with E-state index in [1.165, 1.54) is 15.9 Å². The van der Waals surface area contributed by atoms with Crippen LogP contribution in [0.4, 0.5) is 33.5 Å². The minimum absolute atomic E-state index is 0.0457. The predicted octanol–water partition coefficient (Wildman–Crippen LogP) is 5.94. The van der Waals surface area contributed by atoms with E-state index in [9.17, 15) is 36.3 Å². The van der Waals surface area contributed by atoms with Gasteiger partial charge in [-0.2, -0.15) is 18.3 Å². The van der Waals surface area contributed by atoms with E-state index >= 15 is 0 Å². The van der Waals surface area contributed by atoms with Crippen LogP contribution in [0.3, 0.4) is 0 Å². The van der Waals surface area contributed by atoms with Gasteiger partial charge in [-0.1, -0.05) is 43.0 Å². The first-order chi connectivity index (χ1) is 23.7. The van der Waals surface area contributed by atoms with Gasteiger partial charge in [-0.15, -0.1) is 0 Å². The zero-order valence-electron chi connectivity index (χ0n) is 27.1. The van der Waals surface area contributed by atoms with Gasteiger partial charge in [0.05, 0.1) is 30.0 Å². The highest BCUT2D eigenvalue weighted by atomic mass is 19.4. The number of para-hydroxylation sites is 1. The van der Waals surface area contributed by atoms with Gasteiger partial charge in [0.2, 0.25) is 0 Å². The molecule has 2 aliphatic rings. The Bertz CT molecular complexity index is 1970. The Balaban J connectivity index is 1.39. The number of carbonyl (C=O) groups excluding carboxylic acids is 3. The van der Waals surface area contributed by atoms with Crippen LogP contribution in [-0.2, 0) is 15.8 Å². The monoisotopic (exact) mass is 692 g/mol. The highest BCUT2D eigenvalue weighted by Gasteiger charge is 2.46. The van der Waals surface area contributed by atoms with Gasteiger partial charge in [0.15, 0.2) is 0 Å². The van der Waals surface area contributed by atoms with Gasteiger partial charge in [-0.25, -0.2) is 13.5 Å². The van der Waals surface area contributed by atoms with E-state index < -0.39 is 60.4 Å². The number of alkyl halides is 5. The van der Waals surface area contributed by atoms with Crippen molar-refractivity contribution in [3.05, 3.63) is 119 Å². The van der Waals surface area contributed by atoms with E-state index in [1.807, 2.05) is 30.3 Å². The summed E-state index contributed by atoms with van der Waals surface area (Å²) in [6, 6.07) is 18.4. The number of carbonyl (C=O) groups is 3. The summed E-state index contributed by atoms with van der Waals surface area (Å²) in [6.07, 6.45) is -4.69. The number of aromatic nitrogens is 2. The third kappa shape index (κ3) is 6.75. The summed E-state index contributed by atoms with van der Waals surface area (Å²) in [5.41, 5.74) is 1.39. The van der Waals surface area contributed by atoms with Crippen LogP contribution in [0.5, 0.6) is 0 Å². The lowest BCUT2D eigenvalue weighted by Gasteiger charge is -2.39. The van der Waals surface area contributed by atoms with Crippen molar-refractivity contribution in [2.75, 3.05) is 36.4 Å². The zero-order valence-corrected chi connectivity index (χ0v) is 27.1. The molecule has 9 nitrogen and oxygen atoms in total. The topological polar surface area (TPSA) is 99.6 Å². The average Bonchev–Trinajstić information content (AvgIpc) is 3.40. The molecule has 0 bridgehead atoms. The molecular formula is C36H33F5N6O3. The quantitative estimate of drug-likeness (QED) is 0.167. The van der Waals surface area contributed by atoms with E-state index in [2.05, 4.69) is 17.2 Å². The summed E-state index contributed by atoms with van der Waals surface area (Å²) in [7, 11) is 0. The largest absolute Gasteiger partial charge is 0.416 e. The second-order valence-corrected chi connectivity index (χ2v) is 12.3. The maximum absolute atomic E-state index is 14.4. The van der Waals surface area contributed by atoms with Gasteiger partial charge >= 0.3 is 6.18 Å². The van der Waals surface area contributed by atoms with E-state index in [0.29, 0.717) is 34.0 Å². The molecule has 14 heteroatoms. The molecule has 3 heterocycles. The number of likely N-dealkylation sites (N-methyl/N-ethyl adjacent to an activating group) is 1. The van der Waals surface area contributed by atoms with Gasteiger partial charge in [-0.05, 0) is 61.9 Å². The standard InChI is InChI=1S/C36H33F5N6O3/c1-4-46-33-28(22(3)44-47(33)27-14-6-5-7-15-27)29(30(34(46)50)43-32(49)24-11-8-12-25(16-24)36(39,40)41)23-10-9-13-26(17-23)42-31(48)21(2)18-45-19-35(37,38)20-45/h5-17,29-30H,2,4,18-20H2,1,3H3,(H,42,48)(H,43,49)/t29-,30+/m1/s1. The van der Waals surface area contributed by atoms with Crippen LogP contribution in [0.1, 0.15) is 45.6 Å². The van der Waals surface area contributed by atoms with Crippen molar-refractivity contribution in [3.63, 3.8) is 0 Å². The number of rotatable bonds is 9. The second kappa shape index (κ2) is 13.2. The molecule has 0 radical (unpaired) electrons. The number of halogens is 5. The van der Waals surface area contributed by atoms with Crippen molar-refractivity contribution in [1.82, 2.24) is 20.0 Å². The van der Waals surface area contributed by atoms with Crippen LogP contribution in [0.2, 0.25) is 0 Å². The number of likely N-dealkylation sites (tertiary alicyclic amines) is 1. The zero-order chi connectivity index (χ0) is 36.0. The van der Waals surface area contributed by atoms with Gasteiger partial charge in [0.25, 0.3) is 23.6 Å². The number of fused-ring (bicyclic) bond motifs is 1. The van der Waals surface area contributed by atoms with Gasteiger partial charge < -0.3 is 10.6 Å². The Labute approximate surface area is 284 Å². The van der Waals surface area contributed by atoms with E-state index in [0.717, 1.165) is 18.2 Å². The van der Waals surface area contributed by atoms with E-state index in [-0.39, 0.29) is 24.2 Å². The van der Waals surface area contributed by atoms with Crippen LogP contribution in [0.25, 0.3) is 5.69 Å². The third-order valence-electron chi connectivity index (χ3n) is 8.72. The third-order valence-corrected chi connectivity index (χ3v) is 8.72. The molecule has 1 fully saturated rings. The fraction of sp³-hybridized carbons (Fsp3) is 0.278. The number of benzene rings is 3. The lowest BCUT2D eigenvalue weighted by molar-refractivity contribution is -0.137. The van der Waals surface area contributed by atoms with Crippen molar-refractivity contribution in [1.29, 1.82) is 0 Å². The number of anilines is 2. The summed E-state index contributed by atoms with van der Waals surface area (Å²) in [4.78, 5) is 43.9. The maximum Gasteiger partial charge on any atom is 0.416 e. The van der Waals surface area contributed by atoms with Crippen LogP contribution >= 0.6 is 0 Å². The smallest absolute Gasteiger partial charge is 0.339 e. The lowest BCUT2D eigenvalue weighted by atomic mass is 9.81. The number of nitrogens with zero attached hydrogens (tertiary/aromatic N) is 4. The molecule has 50 heavy (non-hydrogen) atoms.